The minimum atomic E-state index is -3.45. The molecule has 2 aromatic heterocycles. The second-order valence-electron chi connectivity index (χ2n) is 8.68. The van der Waals surface area contributed by atoms with Crippen molar-refractivity contribution in [1.82, 2.24) is 9.97 Å². The molecule has 1 unspecified atom stereocenters. The second kappa shape index (κ2) is 10.1. The minimum Gasteiger partial charge on any atom is -0.381 e. The Kier molecular flexibility index (Phi) is 6.91. The van der Waals surface area contributed by atoms with Gasteiger partial charge in [0.05, 0.1) is 16.2 Å². The molecule has 1 aliphatic heterocycles. The first-order chi connectivity index (χ1) is 16.5. The molecule has 1 aromatic carbocycles. The predicted octanol–water partition coefficient (Wildman–Crippen LogP) is 4.28. The van der Waals surface area contributed by atoms with Crippen LogP contribution in [0.3, 0.4) is 0 Å². The van der Waals surface area contributed by atoms with Gasteiger partial charge < -0.3 is 9.47 Å². The van der Waals surface area contributed by atoms with Crippen molar-refractivity contribution < 1.29 is 22.7 Å². The van der Waals surface area contributed by atoms with Crippen LogP contribution in [0.5, 0.6) is 0 Å². The number of ether oxygens (including phenoxy) is 2. The lowest BCUT2D eigenvalue weighted by atomic mass is 10.1. The first kappa shape index (κ1) is 23.3. The van der Waals surface area contributed by atoms with E-state index in [2.05, 4.69) is 15.3 Å². The zero-order chi connectivity index (χ0) is 23.5. The molecule has 3 aromatic rings. The molecule has 180 valence electrons. The molecule has 10 heteroatoms. The first-order valence-corrected chi connectivity index (χ1v) is 14.0. The van der Waals surface area contributed by atoms with Gasteiger partial charge in [-0.2, -0.15) is 0 Å². The lowest BCUT2D eigenvalue weighted by Gasteiger charge is -2.23. The Morgan fingerprint density at radius 2 is 1.82 bits per heavy atom. The smallest absolute Gasteiger partial charge is 0.259 e. The molecule has 3 heterocycles. The molecule has 1 saturated carbocycles. The van der Waals surface area contributed by atoms with Crippen LogP contribution in [0.15, 0.2) is 47.5 Å². The van der Waals surface area contributed by atoms with E-state index in [0.717, 1.165) is 36.0 Å². The molecule has 5 rings (SSSR count). The number of thiazole rings is 1. The fourth-order valence-corrected chi connectivity index (χ4v) is 7.04. The zero-order valence-electron chi connectivity index (χ0n) is 18.7. The fraction of sp³-hybridized carbons (Fsp3) is 0.458. The number of fused-ring (bicyclic) bond motifs is 1. The molecule has 1 aliphatic carbocycles. The highest BCUT2D eigenvalue weighted by atomic mass is 32.2. The van der Waals surface area contributed by atoms with Gasteiger partial charge >= 0.3 is 0 Å². The number of nitrogens with zero attached hydrogens (tertiary/aromatic N) is 2. The van der Waals surface area contributed by atoms with Crippen molar-refractivity contribution in [1.29, 1.82) is 0 Å². The number of carbonyl (C=O) groups is 1. The Bertz CT molecular complexity index is 1210. The Balaban J connectivity index is 1.38. The van der Waals surface area contributed by atoms with E-state index in [9.17, 15) is 13.2 Å². The maximum Gasteiger partial charge on any atom is 0.259 e. The van der Waals surface area contributed by atoms with Crippen molar-refractivity contribution in [3.8, 4) is 0 Å². The maximum absolute atomic E-state index is 13.3. The van der Waals surface area contributed by atoms with E-state index in [1.54, 1.807) is 36.5 Å². The molecule has 34 heavy (non-hydrogen) atoms. The normalized spacial score (nSPS) is 18.8. The van der Waals surface area contributed by atoms with Crippen molar-refractivity contribution in [2.75, 3.05) is 18.5 Å². The lowest BCUT2D eigenvalue weighted by molar-refractivity contribution is -0.131. The van der Waals surface area contributed by atoms with Gasteiger partial charge in [-0.1, -0.05) is 36.3 Å². The zero-order valence-corrected chi connectivity index (χ0v) is 20.3. The first-order valence-electron chi connectivity index (χ1n) is 11.6. The van der Waals surface area contributed by atoms with E-state index < -0.39 is 21.2 Å². The van der Waals surface area contributed by atoms with Crippen LogP contribution in [-0.2, 0) is 24.1 Å². The van der Waals surface area contributed by atoms with Crippen molar-refractivity contribution in [2.24, 2.45) is 0 Å². The number of carbonyl (C=O) groups excluding carboxylic acids is 1. The predicted molar refractivity (Wildman–Crippen MR) is 130 cm³/mol. The van der Waals surface area contributed by atoms with Crippen molar-refractivity contribution in [2.45, 2.75) is 60.9 Å². The van der Waals surface area contributed by atoms with Crippen LogP contribution in [0.1, 0.15) is 50.2 Å². The van der Waals surface area contributed by atoms with Gasteiger partial charge in [-0.3, -0.25) is 10.1 Å². The van der Waals surface area contributed by atoms with E-state index in [4.69, 9.17) is 9.47 Å². The van der Waals surface area contributed by atoms with Gasteiger partial charge in [-0.15, -0.1) is 0 Å². The summed E-state index contributed by atoms with van der Waals surface area (Å²) in [6.07, 6.45) is 5.79. The van der Waals surface area contributed by atoms with Crippen molar-refractivity contribution in [3.63, 3.8) is 0 Å². The van der Waals surface area contributed by atoms with Crippen molar-refractivity contribution >= 4 is 42.6 Å². The Morgan fingerprint density at radius 1 is 1.09 bits per heavy atom. The van der Waals surface area contributed by atoms with Crippen LogP contribution in [0.25, 0.3) is 10.3 Å². The van der Waals surface area contributed by atoms with E-state index in [1.165, 1.54) is 11.3 Å². The van der Waals surface area contributed by atoms with Crippen LogP contribution in [0, 0.1) is 0 Å². The quantitative estimate of drug-likeness (QED) is 0.515. The van der Waals surface area contributed by atoms with Gasteiger partial charge in [0.15, 0.2) is 21.1 Å². The van der Waals surface area contributed by atoms with Gasteiger partial charge in [0.2, 0.25) is 0 Å². The fourth-order valence-electron chi connectivity index (χ4n) is 4.51. The second-order valence-corrected chi connectivity index (χ2v) is 11.9. The third kappa shape index (κ3) is 5.00. The number of hydrogen-bond acceptors (Lipinski definition) is 8. The maximum atomic E-state index is 13.3. The van der Waals surface area contributed by atoms with E-state index in [1.807, 2.05) is 6.07 Å². The number of rotatable bonds is 7. The Hall–Kier alpha value is -2.40. The topological polar surface area (TPSA) is 107 Å². The molecule has 2 aliphatic rings. The largest absolute Gasteiger partial charge is 0.381 e. The standard InChI is InChI=1S/C24H27N3O5S2/c28-22(27-24-26-20-6-3-13-25-23(20)33-24)21(32-17-4-1-2-5-17)16-7-9-18(10-8-16)34(29,30)19-11-14-31-15-12-19/h3,6-10,13,17,19,21H,1-2,4-5,11-12,14-15H2,(H,26,27,28). The third-order valence-corrected chi connectivity index (χ3v) is 9.56. The highest BCUT2D eigenvalue weighted by molar-refractivity contribution is 7.92. The SMILES string of the molecule is O=C(Nc1nc2cccnc2s1)C(OC1CCCC1)c1ccc(S(=O)(=O)C2CCOCC2)cc1. The summed E-state index contributed by atoms with van der Waals surface area (Å²) in [4.78, 5) is 23.0. The Morgan fingerprint density at radius 3 is 2.53 bits per heavy atom. The average Bonchev–Trinajstić information content (AvgIpc) is 3.52. The van der Waals surface area contributed by atoms with E-state index in [-0.39, 0.29) is 16.9 Å². The molecule has 1 atom stereocenters. The summed E-state index contributed by atoms with van der Waals surface area (Å²) in [7, 11) is -3.45. The molecule has 0 bridgehead atoms. The molecular formula is C24H27N3O5S2. The molecule has 8 nitrogen and oxygen atoms in total. The van der Waals surface area contributed by atoms with Gasteiger partial charge in [-0.25, -0.2) is 18.4 Å². The van der Waals surface area contributed by atoms with Gasteiger partial charge in [-0.05, 0) is 55.5 Å². The summed E-state index contributed by atoms with van der Waals surface area (Å²) >= 11 is 1.30. The number of benzene rings is 1. The lowest BCUT2D eigenvalue weighted by Crippen LogP contribution is -2.29. The number of amides is 1. The number of nitrogens with one attached hydrogen (secondary N) is 1. The molecule has 1 amide bonds. The van der Waals surface area contributed by atoms with E-state index >= 15 is 0 Å². The van der Waals surface area contributed by atoms with Gasteiger partial charge in [0.25, 0.3) is 5.91 Å². The van der Waals surface area contributed by atoms with E-state index in [0.29, 0.717) is 36.8 Å². The number of sulfone groups is 1. The van der Waals surface area contributed by atoms with Crippen LogP contribution in [-0.4, -0.2) is 48.9 Å². The molecule has 1 saturated heterocycles. The summed E-state index contributed by atoms with van der Waals surface area (Å²) in [6, 6.07) is 10.2. The number of aromatic nitrogens is 2. The Labute approximate surface area is 202 Å². The molecule has 2 fully saturated rings. The summed E-state index contributed by atoms with van der Waals surface area (Å²) < 4.78 is 37.6. The molecule has 0 spiro atoms. The molecule has 1 N–H and O–H groups in total. The summed E-state index contributed by atoms with van der Waals surface area (Å²) in [5, 5.41) is 2.89. The van der Waals surface area contributed by atoms with Crippen molar-refractivity contribution in [3.05, 3.63) is 48.2 Å². The summed E-state index contributed by atoms with van der Waals surface area (Å²) in [6.45, 7) is 0.918. The minimum absolute atomic E-state index is 0.00145. The number of hydrogen-bond donors (Lipinski definition) is 1. The van der Waals surface area contributed by atoms with Crippen LogP contribution in [0.2, 0.25) is 0 Å². The average molecular weight is 502 g/mol. The van der Waals surface area contributed by atoms with Crippen LogP contribution < -0.4 is 5.32 Å². The van der Waals surface area contributed by atoms with Crippen LogP contribution >= 0.6 is 11.3 Å². The van der Waals surface area contributed by atoms with Gasteiger partial charge in [0.1, 0.15) is 10.3 Å². The third-order valence-electron chi connectivity index (χ3n) is 6.38. The monoisotopic (exact) mass is 501 g/mol. The molecular weight excluding hydrogens is 474 g/mol. The number of anilines is 1. The number of pyridine rings is 1. The van der Waals surface area contributed by atoms with Crippen LogP contribution in [0.4, 0.5) is 5.13 Å². The highest BCUT2D eigenvalue weighted by Crippen LogP contribution is 2.32. The summed E-state index contributed by atoms with van der Waals surface area (Å²) in [5.74, 6) is -0.328. The molecule has 0 radical (unpaired) electrons. The van der Waals surface area contributed by atoms with Gasteiger partial charge in [0, 0.05) is 19.4 Å². The summed E-state index contributed by atoms with van der Waals surface area (Å²) in [5.41, 5.74) is 1.34. The highest BCUT2D eigenvalue weighted by Gasteiger charge is 2.31.